The molecule has 1 heterocycles. The van der Waals surface area contributed by atoms with E-state index in [1.165, 1.54) is 12.1 Å². The van der Waals surface area contributed by atoms with Gasteiger partial charge in [-0.2, -0.15) is 5.10 Å². The monoisotopic (exact) mass is 380 g/mol. The Labute approximate surface area is 153 Å². The molecule has 1 atom stereocenters. The second-order valence-electron chi connectivity index (χ2n) is 5.45. The van der Waals surface area contributed by atoms with E-state index >= 15 is 0 Å². The molecule has 1 aliphatic heterocycles. The van der Waals surface area contributed by atoms with E-state index in [0.29, 0.717) is 5.17 Å². The third kappa shape index (κ3) is 4.88. The van der Waals surface area contributed by atoms with Crippen LogP contribution in [0.4, 0.5) is 10.1 Å². The molecule has 0 aliphatic carbocycles. The van der Waals surface area contributed by atoms with Gasteiger partial charge in [-0.05, 0) is 26.0 Å². The van der Waals surface area contributed by atoms with Crippen LogP contribution < -0.4 is 10.6 Å². The van der Waals surface area contributed by atoms with Gasteiger partial charge in [-0.3, -0.25) is 9.59 Å². The first-order chi connectivity index (χ1) is 12.3. The molecule has 1 saturated heterocycles. The SMILES string of the molecule is COC(=O)c1c(F)cccc1NC(=O)CC1S/C(=N/N=C(C)C)NC1=O. The van der Waals surface area contributed by atoms with Crippen LogP contribution in [-0.2, 0) is 14.3 Å². The fourth-order valence-corrected chi connectivity index (χ4v) is 2.96. The van der Waals surface area contributed by atoms with E-state index in [9.17, 15) is 18.8 Å². The fourth-order valence-electron chi connectivity index (χ4n) is 2.04. The molecule has 2 N–H and O–H groups in total. The Kier molecular flexibility index (Phi) is 6.45. The highest BCUT2D eigenvalue weighted by Crippen LogP contribution is 2.24. The largest absolute Gasteiger partial charge is 0.465 e. The average Bonchev–Trinajstić information content (AvgIpc) is 2.92. The lowest BCUT2D eigenvalue weighted by atomic mass is 10.1. The first-order valence-corrected chi connectivity index (χ1v) is 8.42. The van der Waals surface area contributed by atoms with Gasteiger partial charge in [0.1, 0.15) is 16.6 Å². The molecule has 0 bridgehead atoms. The number of halogens is 1. The van der Waals surface area contributed by atoms with E-state index in [2.05, 4.69) is 25.6 Å². The number of methoxy groups -OCH3 is 1. The van der Waals surface area contributed by atoms with E-state index in [-0.39, 0.29) is 23.6 Å². The summed E-state index contributed by atoms with van der Waals surface area (Å²) in [7, 11) is 1.11. The Hall–Kier alpha value is -2.75. The zero-order chi connectivity index (χ0) is 19.3. The number of esters is 1. The zero-order valence-electron chi connectivity index (χ0n) is 14.3. The van der Waals surface area contributed by atoms with Gasteiger partial charge in [0.2, 0.25) is 11.8 Å². The maximum atomic E-state index is 13.9. The van der Waals surface area contributed by atoms with Crippen molar-refractivity contribution >= 4 is 46.1 Å². The first-order valence-electron chi connectivity index (χ1n) is 7.55. The molecule has 0 radical (unpaired) electrons. The quantitative estimate of drug-likeness (QED) is 0.461. The second kappa shape index (κ2) is 8.56. The van der Waals surface area contributed by atoms with Crippen molar-refractivity contribution in [3.05, 3.63) is 29.6 Å². The fraction of sp³-hybridized carbons (Fsp3) is 0.312. The van der Waals surface area contributed by atoms with Gasteiger partial charge in [0.05, 0.1) is 12.8 Å². The first kappa shape index (κ1) is 19.6. The molecular weight excluding hydrogens is 363 g/mol. The number of amides is 2. The molecule has 8 nitrogen and oxygen atoms in total. The number of hydrogen-bond donors (Lipinski definition) is 2. The Morgan fingerprint density at radius 2 is 2.12 bits per heavy atom. The van der Waals surface area contributed by atoms with Crippen LogP contribution in [0.5, 0.6) is 0 Å². The number of carbonyl (C=O) groups is 3. The molecule has 0 saturated carbocycles. The van der Waals surface area contributed by atoms with Gasteiger partial charge in [-0.1, -0.05) is 17.8 Å². The molecule has 1 aromatic carbocycles. The van der Waals surface area contributed by atoms with Gasteiger partial charge in [-0.15, -0.1) is 5.10 Å². The van der Waals surface area contributed by atoms with Gasteiger partial charge >= 0.3 is 5.97 Å². The number of nitrogens with zero attached hydrogens (tertiary/aromatic N) is 2. The van der Waals surface area contributed by atoms with E-state index < -0.39 is 22.9 Å². The maximum Gasteiger partial charge on any atom is 0.342 e. The van der Waals surface area contributed by atoms with Crippen molar-refractivity contribution in [3.8, 4) is 0 Å². The predicted octanol–water partition coefficient (Wildman–Crippen LogP) is 1.92. The minimum absolute atomic E-state index is 0.0228. The normalized spacial score (nSPS) is 17.6. The minimum atomic E-state index is -0.909. The van der Waals surface area contributed by atoms with Crippen LogP contribution in [-0.4, -0.2) is 41.0 Å². The van der Waals surface area contributed by atoms with Crippen LogP contribution in [0.3, 0.4) is 0 Å². The van der Waals surface area contributed by atoms with Crippen molar-refractivity contribution in [2.45, 2.75) is 25.5 Å². The highest BCUT2D eigenvalue weighted by atomic mass is 32.2. The molecule has 1 aromatic rings. The summed E-state index contributed by atoms with van der Waals surface area (Å²) in [6, 6.07) is 3.81. The van der Waals surface area contributed by atoms with Crippen LogP contribution in [0.25, 0.3) is 0 Å². The molecule has 2 rings (SSSR count). The highest BCUT2D eigenvalue weighted by molar-refractivity contribution is 8.15. The number of benzene rings is 1. The van der Waals surface area contributed by atoms with E-state index in [4.69, 9.17) is 0 Å². The summed E-state index contributed by atoms with van der Waals surface area (Å²) in [5, 5.41) is 12.3. The lowest BCUT2D eigenvalue weighted by molar-refractivity contribution is -0.122. The Morgan fingerprint density at radius 3 is 2.77 bits per heavy atom. The summed E-state index contributed by atoms with van der Waals surface area (Å²) in [5.74, 6) is -2.65. The summed E-state index contributed by atoms with van der Waals surface area (Å²) in [6.07, 6.45) is -0.179. The maximum absolute atomic E-state index is 13.9. The van der Waals surface area contributed by atoms with Crippen LogP contribution in [0, 0.1) is 5.82 Å². The minimum Gasteiger partial charge on any atom is -0.465 e. The summed E-state index contributed by atoms with van der Waals surface area (Å²) in [5.41, 5.74) is 0.322. The molecular formula is C16H17FN4O4S. The van der Waals surface area contributed by atoms with Crippen molar-refractivity contribution in [2.24, 2.45) is 10.2 Å². The number of thioether (sulfide) groups is 1. The number of carbonyl (C=O) groups excluding carboxylic acids is 3. The summed E-state index contributed by atoms with van der Waals surface area (Å²) < 4.78 is 18.4. The van der Waals surface area contributed by atoms with Crippen LogP contribution in [0.15, 0.2) is 28.4 Å². The number of rotatable bonds is 5. The lowest BCUT2D eigenvalue weighted by Gasteiger charge is -2.11. The van der Waals surface area contributed by atoms with Gasteiger partial charge in [0, 0.05) is 12.1 Å². The third-order valence-corrected chi connectivity index (χ3v) is 4.24. The number of amidine groups is 1. The molecule has 10 heteroatoms. The summed E-state index contributed by atoms with van der Waals surface area (Å²) >= 11 is 1.07. The van der Waals surface area contributed by atoms with Crippen LogP contribution in [0.1, 0.15) is 30.6 Å². The van der Waals surface area contributed by atoms with Crippen molar-refractivity contribution in [1.29, 1.82) is 0 Å². The molecule has 26 heavy (non-hydrogen) atoms. The summed E-state index contributed by atoms with van der Waals surface area (Å²) in [6.45, 7) is 3.52. The van der Waals surface area contributed by atoms with Gasteiger partial charge < -0.3 is 15.4 Å². The summed E-state index contributed by atoms with van der Waals surface area (Å²) in [4.78, 5) is 35.8. The van der Waals surface area contributed by atoms with Crippen LogP contribution in [0.2, 0.25) is 0 Å². The topological polar surface area (TPSA) is 109 Å². The van der Waals surface area contributed by atoms with Gasteiger partial charge in [0.15, 0.2) is 5.17 Å². The highest BCUT2D eigenvalue weighted by Gasteiger charge is 2.32. The van der Waals surface area contributed by atoms with Crippen molar-refractivity contribution in [1.82, 2.24) is 5.32 Å². The van der Waals surface area contributed by atoms with Gasteiger partial charge in [-0.25, -0.2) is 9.18 Å². The lowest BCUT2D eigenvalue weighted by Crippen LogP contribution is -2.28. The number of nitrogens with one attached hydrogen (secondary N) is 2. The Bertz CT molecular complexity index is 805. The van der Waals surface area contributed by atoms with E-state index in [0.717, 1.165) is 30.6 Å². The Balaban J connectivity index is 2.07. The van der Waals surface area contributed by atoms with Gasteiger partial charge in [0.25, 0.3) is 0 Å². The molecule has 1 unspecified atom stereocenters. The van der Waals surface area contributed by atoms with Crippen molar-refractivity contribution < 1.29 is 23.5 Å². The van der Waals surface area contributed by atoms with E-state index in [1.807, 2.05) is 0 Å². The third-order valence-electron chi connectivity index (χ3n) is 3.17. The predicted molar refractivity (Wildman–Crippen MR) is 96.7 cm³/mol. The molecule has 1 aliphatic rings. The average molecular weight is 380 g/mol. The smallest absolute Gasteiger partial charge is 0.342 e. The second-order valence-corrected chi connectivity index (χ2v) is 6.65. The Morgan fingerprint density at radius 1 is 1.38 bits per heavy atom. The van der Waals surface area contributed by atoms with E-state index in [1.54, 1.807) is 13.8 Å². The van der Waals surface area contributed by atoms with Crippen molar-refractivity contribution in [2.75, 3.05) is 12.4 Å². The zero-order valence-corrected chi connectivity index (χ0v) is 15.1. The molecule has 1 fully saturated rings. The molecule has 2 amide bonds. The molecule has 0 spiro atoms. The van der Waals surface area contributed by atoms with Crippen LogP contribution >= 0.6 is 11.8 Å². The number of ether oxygens (including phenoxy) is 1. The molecule has 138 valence electrons. The standard InChI is InChI=1S/C16H17FN4O4S/c1-8(2)20-21-16-19-14(23)11(26-16)7-12(22)18-10-6-4-5-9(17)13(10)15(24)25-3/h4-6,11H,7H2,1-3H3,(H,18,22)(H,19,21,23). The number of hydrogen-bond acceptors (Lipinski definition) is 7. The molecule has 0 aromatic heterocycles. The van der Waals surface area contributed by atoms with Crippen molar-refractivity contribution in [3.63, 3.8) is 0 Å². The number of anilines is 1.